The van der Waals surface area contributed by atoms with Crippen molar-refractivity contribution in [3.05, 3.63) is 34.8 Å². The first-order valence-corrected chi connectivity index (χ1v) is 6.01. The topological polar surface area (TPSA) is 36.4 Å². The molecule has 4 heteroatoms. The summed E-state index contributed by atoms with van der Waals surface area (Å²) in [5, 5.41) is 10.4. The molecule has 82 valence electrons. The van der Waals surface area contributed by atoms with Crippen molar-refractivity contribution in [2.24, 2.45) is 0 Å². The number of fused-ring (bicyclic) bond motifs is 1. The van der Waals surface area contributed by atoms with E-state index < -0.39 is 0 Å². The SMILES string of the molecule is OC1CN(c2ccc3cccc(Br)c3n2)C1. The lowest BCUT2D eigenvalue weighted by Crippen LogP contribution is -2.51. The van der Waals surface area contributed by atoms with Gasteiger partial charge in [-0.3, -0.25) is 0 Å². The number of hydrogen-bond donors (Lipinski definition) is 1. The van der Waals surface area contributed by atoms with Crippen molar-refractivity contribution in [3.8, 4) is 0 Å². The Morgan fingerprint density at radius 2 is 2.06 bits per heavy atom. The van der Waals surface area contributed by atoms with Crippen LogP contribution in [-0.4, -0.2) is 29.3 Å². The van der Waals surface area contributed by atoms with E-state index in [1.54, 1.807) is 0 Å². The predicted molar refractivity (Wildman–Crippen MR) is 67.7 cm³/mol. The monoisotopic (exact) mass is 278 g/mol. The van der Waals surface area contributed by atoms with Crippen LogP contribution in [0.25, 0.3) is 10.9 Å². The first-order valence-electron chi connectivity index (χ1n) is 5.22. The third-order valence-corrected chi connectivity index (χ3v) is 3.48. The van der Waals surface area contributed by atoms with Gasteiger partial charge in [0.25, 0.3) is 0 Å². The minimum Gasteiger partial charge on any atom is -0.389 e. The van der Waals surface area contributed by atoms with Crippen molar-refractivity contribution in [1.82, 2.24) is 4.98 Å². The third kappa shape index (κ3) is 1.58. The molecule has 0 aliphatic carbocycles. The minimum atomic E-state index is -0.197. The van der Waals surface area contributed by atoms with Crippen LogP contribution in [0.15, 0.2) is 34.8 Å². The fraction of sp³-hybridized carbons (Fsp3) is 0.250. The number of hydrogen-bond acceptors (Lipinski definition) is 3. The van der Waals surface area contributed by atoms with Crippen LogP contribution in [-0.2, 0) is 0 Å². The molecule has 0 spiro atoms. The summed E-state index contributed by atoms with van der Waals surface area (Å²) in [6.07, 6.45) is -0.197. The van der Waals surface area contributed by atoms with E-state index in [9.17, 15) is 5.11 Å². The van der Waals surface area contributed by atoms with Crippen LogP contribution in [0.4, 0.5) is 5.82 Å². The Kier molecular flexibility index (Phi) is 2.33. The second-order valence-corrected chi connectivity index (χ2v) is 4.89. The summed E-state index contributed by atoms with van der Waals surface area (Å²) in [6, 6.07) is 10.1. The van der Waals surface area contributed by atoms with Crippen molar-refractivity contribution >= 4 is 32.7 Å². The van der Waals surface area contributed by atoms with Gasteiger partial charge >= 0.3 is 0 Å². The van der Waals surface area contributed by atoms with Gasteiger partial charge in [-0.15, -0.1) is 0 Å². The second kappa shape index (κ2) is 3.71. The maximum atomic E-state index is 9.27. The molecule has 1 saturated heterocycles. The summed E-state index contributed by atoms with van der Waals surface area (Å²) in [5.41, 5.74) is 0.974. The van der Waals surface area contributed by atoms with E-state index in [0.29, 0.717) is 13.1 Å². The number of halogens is 1. The van der Waals surface area contributed by atoms with Gasteiger partial charge in [-0.1, -0.05) is 12.1 Å². The van der Waals surface area contributed by atoms with Crippen LogP contribution in [0.3, 0.4) is 0 Å². The number of nitrogens with zero attached hydrogens (tertiary/aromatic N) is 2. The Labute approximate surface area is 102 Å². The van der Waals surface area contributed by atoms with Crippen LogP contribution in [0, 0.1) is 0 Å². The highest BCUT2D eigenvalue weighted by Gasteiger charge is 2.25. The van der Waals surface area contributed by atoms with Gasteiger partial charge in [-0.25, -0.2) is 4.98 Å². The molecule has 2 aromatic rings. The largest absolute Gasteiger partial charge is 0.389 e. The van der Waals surface area contributed by atoms with Gasteiger partial charge in [-0.2, -0.15) is 0 Å². The molecule has 0 atom stereocenters. The third-order valence-electron chi connectivity index (χ3n) is 2.84. The number of rotatable bonds is 1. The van der Waals surface area contributed by atoms with Gasteiger partial charge in [0, 0.05) is 22.9 Å². The maximum absolute atomic E-state index is 9.27. The van der Waals surface area contributed by atoms with Gasteiger partial charge in [0.15, 0.2) is 0 Å². The summed E-state index contributed by atoms with van der Waals surface area (Å²) < 4.78 is 1.01. The number of anilines is 1. The smallest absolute Gasteiger partial charge is 0.129 e. The first-order chi connectivity index (χ1) is 7.74. The van der Waals surface area contributed by atoms with Gasteiger partial charge in [-0.05, 0) is 34.1 Å². The van der Waals surface area contributed by atoms with Crippen LogP contribution >= 0.6 is 15.9 Å². The molecule has 1 aromatic heterocycles. The molecule has 0 unspecified atom stereocenters. The standard InChI is InChI=1S/C12H11BrN2O/c13-10-3-1-2-8-4-5-11(14-12(8)10)15-6-9(16)7-15/h1-5,9,16H,6-7H2. The van der Waals surface area contributed by atoms with Crippen LogP contribution < -0.4 is 4.90 Å². The summed E-state index contributed by atoms with van der Waals surface area (Å²) in [4.78, 5) is 6.67. The molecule has 0 radical (unpaired) electrons. The summed E-state index contributed by atoms with van der Waals surface area (Å²) in [7, 11) is 0. The fourth-order valence-electron chi connectivity index (χ4n) is 1.92. The Morgan fingerprint density at radius 1 is 1.25 bits per heavy atom. The zero-order chi connectivity index (χ0) is 11.1. The highest BCUT2D eigenvalue weighted by Crippen LogP contribution is 2.26. The van der Waals surface area contributed by atoms with E-state index in [1.165, 1.54) is 0 Å². The van der Waals surface area contributed by atoms with Gasteiger partial charge in [0.05, 0.1) is 11.6 Å². The molecule has 2 heterocycles. The maximum Gasteiger partial charge on any atom is 0.129 e. The molecule has 1 N–H and O–H groups in total. The molecular formula is C12H11BrN2O. The summed E-state index contributed by atoms with van der Waals surface area (Å²) in [6.45, 7) is 1.37. The van der Waals surface area contributed by atoms with Gasteiger partial charge < -0.3 is 10.0 Å². The van der Waals surface area contributed by atoms with Crippen molar-refractivity contribution in [2.75, 3.05) is 18.0 Å². The number of aliphatic hydroxyl groups is 1. The zero-order valence-corrected chi connectivity index (χ0v) is 10.2. The average molecular weight is 279 g/mol. The number of benzene rings is 1. The van der Waals surface area contributed by atoms with Crippen LogP contribution in [0.5, 0.6) is 0 Å². The lowest BCUT2D eigenvalue weighted by molar-refractivity contribution is 0.141. The quantitative estimate of drug-likeness (QED) is 0.869. The molecule has 3 rings (SSSR count). The molecule has 0 bridgehead atoms. The number of para-hydroxylation sites is 1. The molecule has 1 aromatic carbocycles. The van der Waals surface area contributed by atoms with E-state index in [0.717, 1.165) is 21.2 Å². The Bertz CT molecular complexity index is 538. The van der Waals surface area contributed by atoms with Crippen molar-refractivity contribution in [1.29, 1.82) is 0 Å². The lowest BCUT2D eigenvalue weighted by atomic mass is 10.1. The van der Waals surface area contributed by atoms with E-state index in [-0.39, 0.29) is 6.10 Å². The minimum absolute atomic E-state index is 0.197. The number of β-amino-alcohol motifs (C(OH)–C–C–N with tert-alkyl or cyclic N) is 1. The van der Waals surface area contributed by atoms with Crippen molar-refractivity contribution < 1.29 is 5.11 Å². The van der Waals surface area contributed by atoms with Gasteiger partial charge in [0.2, 0.25) is 0 Å². The molecule has 1 aliphatic rings. The summed E-state index contributed by atoms with van der Waals surface area (Å²) >= 11 is 3.50. The Hall–Kier alpha value is -1.13. The second-order valence-electron chi connectivity index (χ2n) is 4.04. The van der Waals surface area contributed by atoms with E-state index in [2.05, 4.69) is 31.9 Å². The molecule has 0 saturated carbocycles. The number of pyridine rings is 1. The molecule has 16 heavy (non-hydrogen) atoms. The van der Waals surface area contributed by atoms with Gasteiger partial charge in [0.1, 0.15) is 5.82 Å². The predicted octanol–water partition coefficient (Wildman–Crippen LogP) is 2.18. The molecule has 1 fully saturated rings. The van der Waals surface area contributed by atoms with Crippen LogP contribution in [0.1, 0.15) is 0 Å². The molecule has 0 amide bonds. The fourth-order valence-corrected chi connectivity index (χ4v) is 2.39. The van der Waals surface area contributed by atoms with E-state index in [4.69, 9.17) is 0 Å². The normalized spacial score (nSPS) is 16.5. The summed E-state index contributed by atoms with van der Waals surface area (Å²) in [5.74, 6) is 0.935. The molecular weight excluding hydrogens is 268 g/mol. The van der Waals surface area contributed by atoms with Crippen molar-refractivity contribution in [3.63, 3.8) is 0 Å². The highest BCUT2D eigenvalue weighted by molar-refractivity contribution is 9.10. The molecule has 1 aliphatic heterocycles. The first kappa shape index (κ1) is 10.1. The van der Waals surface area contributed by atoms with E-state index in [1.807, 2.05) is 24.3 Å². The Balaban J connectivity index is 2.05. The average Bonchev–Trinajstić information content (AvgIpc) is 2.25. The van der Waals surface area contributed by atoms with Crippen molar-refractivity contribution in [2.45, 2.75) is 6.10 Å². The zero-order valence-electron chi connectivity index (χ0n) is 8.60. The Morgan fingerprint density at radius 3 is 2.81 bits per heavy atom. The lowest BCUT2D eigenvalue weighted by Gasteiger charge is -2.36. The number of aliphatic hydroxyl groups excluding tert-OH is 1. The van der Waals surface area contributed by atoms with E-state index >= 15 is 0 Å². The van der Waals surface area contributed by atoms with Crippen LogP contribution in [0.2, 0.25) is 0 Å². The highest BCUT2D eigenvalue weighted by atomic mass is 79.9. The molecule has 3 nitrogen and oxygen atoms in total. The number of aromatic nitrogens is 1.